The normalized spacial score (nSPS) is 13.0. The molecule has 0 aliphatic carbocycles. The molecule has 12 heteroatoms. The number of ether oxygens (including phenoxy) is 2. The van der Waals surface area contributed by atoms with E-state index in [0.717, 1.165) is 24.0 Å². The van der Waals surface area contributed by atoms with Gasteiger partial charge in [0, 0.05) is 13.2 Å². The molecule has 1 atom stereocenters. The van der Waals surface area contributed by atoms with Gasteiger partial charge in [0.15, 0.2) is 11.2 Å². The fourth-order valence-electron chi connectivity index (χ4n) is 5.53. The van der Waals surface area contributed by atoms with Gasteiger partial charge in [0.25, 0.3) is 5.56 Å². The van der Waals surface area contributed by atoms with Crippen molar-refractivity contribution in [3.63, 3.8) is 0 Å². The van der Waals surface area contributed by atoms with Crippen LogP contribution in [0.2, 0.25) is 0 Å². The summed E-state index contributed by atoms with van der Waals surface area (Å²) in [5, 5.41) is 0. The van der Waals surface area contributed by atoms with E-state index in [-0.39, 0.29) is 37.6 Å². The van der Waals surface area contributed by atoms with Gasteiger partial charge in [-0.05, 0) is 18.9 Å². The highest BCUT2D eigenvalue weighted by Crippen LogP contribution is 2.48. The zero-order valence-corrected chi connectivity index (χ0v) is 30.4. The number of H-pyrrole nitrogens is 1. The second kappa shape index (κ2) is 23.7. The van der Waals surface area contributed by atoms with Crippen LogP contribution in [0.15, 0.2) is 35.4 Å². The van der Waals surface area contributed by atoms with Gasteiger partial charge in [-0.15, -0.1) is 0 Å². The van der Waals surface area contributed by atoms with Crippen LogP contribution in [0.4, 0.5) is 5.95 Å². The summed E-state index contributed by atoms with van der Waals surface area (Å²) in [4.78, 5) is 22.7. The fraction of sp³-hybridized carbons (Fsp3) is 0.694. The van der Waals surface area contributed by atoms with Gasteiger partial charge >= 0.3 is 7.60 Å². The molecular formula is C36H60N5O6P. The summed E-state index contributed by atoms with van der Waals surface area (Å²) in [6.07, 6.45) is 22.6. The van der Waals surface area contributed by atoms with Gasteiger partial charge in [0.1, 0.15) is 6.35 Å². The lowest BCUT2D eigenvalue weighted by atomic mass is 10.0. The zero-order valence-electron chi connectivity index (χ0n) is 29.5. The summed E-state index contributed by atoms with van der Waals surface area (Å²) in [6.45, 7) is 6.06. The number of nitrogen functional groups attached to an aromatic ring is 1. The highest BCUT2D eigenvalue weighted by Gasteiger charge is 2.25. The first-order valence-electron chi connectivity index (χ1n) is 18.2. The summed E-state index contributed by atoms with van der Waals surface area (Å²) in [7, 11) is -3.58. The van der Waals surface area contributed by atoms with Crippen molar-refractivity contribution in [1.82, 2.24) is 19.5 Å². The van der Waals surface area contributed by atoms with Crippen molar-refractivity contribution < 1.29 is 23.1 Å². The van der Waals surface area contributed by atoms with Crippen LogP contribution >= 0.6 is 7.60 Å². The minimum atomic E-state index is -3.58. The monoisotopic (exact) mass is 689 g/mol. The summed E-state index contributed by atoms with van der Waals surface area (Å²) in [5.74, 6) is 0.00889. The molecule has 0 radical (unpaired) electrons. The van der Waals surface area contributed by atoms with Crippen LogP contribution in [0.3, 0.4) is 0 Å². The van der Waals surface area contributed by atoms with Crippen LogP contribution in [0.1, 0.15) is 121 Å². The number of nitrogens with one attached hydrogen (secondary N) is 1. The lowest BCUT2D eigenvalue weighted by Gasteiger charge is -2.19. The third kappa shape index (κ3) is 16.2. The van der Waals surface area contributed by atoms with E-state index in [2.05, 4.69) is 21.9 Å². The third-order valence-electron chi connectivity index (χ3n) is 8.43. The topological polar surface area (TPSA) is 144 Å². The number of benzene rings is 1. The average molecular weight is 690 g/mol. The van der Waals surface area contributed by atoms with Crippen molar-refractivity contribution in [1.29, 1.82) is 0 Å². The van der Waals surface area contributed by atoms with E-state index in [1.165, 1.54) is 96.2 Å². The predicted octanol–water partition coefficient (Wildman–Crippen LogP) is 8.69. The van der Waals surface area contributed by atoms with E-state index in [4.69, 9.17) is 24.3 Å². The molecule has 0 spiro atoms. The fourth-order valence-corrected chi connectivity index (χ4v) is 6.81. The molecule has 2 aromatic heterocycles. The molecule has 0 saturated heterocycles. The average Bonchev–Trinajstić information content (AvgIpc) is 3.48. The highest BCUT2D eigenvalue weighted by atomic mass is 31.2. The lowest BCUT2D eigenvalue weighted by molar-refractivity contribution is 0.0756. The molecule has 0 amide bonds. The van der Waals surface area contributed by atoms with Crippen LogP contribution in [-0.2, 0) is 36.2 Å². The number of hydrogen-bond acceptors (Lipinski definition) is 9. The van der Waals surface area contributed by atoms with Crippen LogP contribution in [0, 0.1) is 6.92 Å². The van der Waals surface area contributed by atoms with Gasteiger partial charge in [-0.25, -0.2) is 4.98 Å². The molecule has 0 bridgehead atoms. The standard InChI is InChI=1S/C36H60N5O6P/c1-3-4-5-6-7-8-9-10-11-12-13-14-15-16-17-18-24-44-26-27-46-48(43,47-28-32-21-19-31(2)20-22-32)30-45-25-23-41-29-38-33-34(41)39-36(37)40-35(33)42/h19-22,29H,3-18,23-28,30H2,1-2H3,(H3,37,39,40,42). The van der Waals surface area contributed by atoms with Gasteiger partial charge in [0.05, 0.1) is 32.8 Å². The molecule has 2 heterocycles. The van der Waals surface area contributed by atoms with Gasteiger partial charge < -0.3 is 28.8 Å². The zero-order chi connectivity index (χ0) is 34.3. The number of aromatic amines is 1. The molecule has 0 saturated carbocycles. The summed E-state index contributed by atoms with van der Waals surface area (Å²) in [5.41, 5.74) is 7.85. The molecule has 3 N–H and O–H groups in total. The summed E-state index contributed by atoms with van der Waals surface area (Å²) >= 11 is 0. The van der Waals surface area contributed by atoms with E-state index >= 15 is 0 Å². The smallest absolute Gasteiger partial charge is 0.356 e. The maximum absolute atomic E-state index is 13.6. The quantitative estimate of drug-likeness (QED) is 0.0540. The molecule has 0 aliphatic heterocycles. The maximum Gasteiger partial charge on any atom is 0.356 e. The second-order valence-corrected chi connectivity index (χ2v) is 14.7. The Balaban J connectivity index is 1.25. The van der Waals surface area contributed by atoms with Crippen molar-refractivity contribution in [2.24, 2.45) is 0 Å². The Bertz CT molecular complexity index is 1380. The Hall–Kier alpha value is -2.56. The molecule has 11 nitrogen and oxygen atoms in total. The van der Waals surface area contributed by atoms with Crippen LogP contribution in [-0.4, -0.2) is 52.3 Å². The van der Waals surface area contributed by atoms with Gasteiger partial charge in [-0.1, -0.05) is 133 Å². The molecule has 1 aromatic carbocycles. The highest BCUT2D eigenvalue weighted by molar-refractivity contribution is 7.53. The molecule has 0 aliphatic rings. The molecule has 270 valence electrons. The Labute approximate surface area is 287 Å². The van der Waals surface area contributed by atoms with E-state index < -0.39 is 13.2 Å². The van der Waals surface area contributed by atoms with Crippen LogP contribution in [0.5, 0.6) is 0 Å². The van der Waals surface area contributed by atoms with Gasteiger partial charge in [-0.3, -0.25) is 14.3 Å². The Morgan fingerprint density at radius 1 is 0.771 bits per heavy atom. The van der Waals surface area contributed by atoms with Crippen molar-refractivity contribution in [2.75, 3.05) is 38.5 Å². The van der Waals surface area contributed by atoms with E-state index in [0.29, 0.717) is 25.4 Å². The number of unbranched alkanes of at least 4 members (excludes halogenated alkanes) is 15. The first-order valence-corrected chi connectivity index (χ1v) is 19.9. The number of fused-ring (bicyclic) bond motifs is 1. The van der Waals surface area contributed by atoms with E-state index in [1.54, 1.807) is 4.57 Å². The number of anilines is 1. The molecule has 3 rings (SSSR count). The first kappa shape index (κ1) is 39.9. The second-order valence-electron chi connectivity index (χ2n) is 12.7. The summed E-state index contributed by atoms with van der Waals surface area (Å²) in [6, 6.07) is 7.84. The van der Waals surface area contributed by atoms with Crippen LogP contribution < -0.4 is 11.3 Å². The number of hydrogen-bond donors (Lipinski definition) is 2. The predicted molar refractivity (Wildman–Crippen MR) is 193 cm³/mol. The van der Waals surface area contributed by atoms with Crippen LogP contribution in [0.25, 0.3) is 11.2 Å². The number of nitrogens with zero attached hydrogens (tertiary/aromatic N) is 3. The van der Waals surface area contributed by atoms with Crippen molar-refractivity contribution in [3.8, 4) is 0 Å². The SMILES string of the molecule is CCCCCCCCCCCCCCCCCCOCCOP(=O)(COCCn1cnc2c(=O)[nH]c(N)nc21)OCc1ccc(C)cc1. The summed E-state index contributed by atoms with van der Waals surface area (Å²) < 4.78 is 38.3. The van der Waals surface area contributed by atoms with E-state index in [9.17, 15) is 9.36 Å². The third-order valence-corrected chi connectivity index (χ3v) is 10.0. The molecular weight excluding hydrogens is 629 g/mol. The van der Waals surface area contributed by atoms with Crippen molar-refractivity contribution in [3.05, 3.63) is 52.1 Å². The number of imidazole rings is 1. The largest absolute Gasteiger partial charge is 0.379 e. The molecule has 48 heavy (non-hydrogen) atoms. The maximum atomic E-state index is 13.6. The number of aryl methyl sites for hydroxylation is 1. The molecule has 3 aromatic rings. The minimum Gasteiger partial charge on any atom is -0.379 e. The van der Waals surface area contributed by atoms with Gasteiger partial charge in [0.2, 0.25) is 5.95 Å². The number of rotatable bonds is 29. The van der Waals surface area contributed by atoms with Crippen molar-refractivity contribution in [2.45, 2.75) is 130 Å². The van der Waals surface area contributed by atoms with E-state index in [1.807, 2.05) is 31.2 Å². The van der Waals surface area contributed by atoms with Gasteiger partial charge in [-0.2, -0.15) is 4.98 Å². The first-order chi connectivity index (χ1) is 23.4. The molecule has 0 fully saturated rings. The Morgan fingerprint density at radius 3 is 2.00 bits per heavy atom. The molecule has 1 unspecified atom stereocenters. The minimum absolute atomic E-state index is 0.00889. The number of nitrogens with two attached hydrogens (primary N) is 1. The Kier molecular flexibility index (Phi) is 19.7. The lowest BCUT2D eigenvalue weighted by Crippen LogP contribution is -2.14. The van der Waals surface area contributed by atoms with Crippen molar-refractivity contribution >= 4 is 24.7 Å². The Morgan fingerprint density at radius 2 is 1.38 bits per heavy atom. The number of aromatic nitrogens is 4.